The fourth-order valence-corrected chi connectivity index (χ4v) is 2.45. The molecular weight excluding hydrogens is 272 g/mol. The Balaban J connectivity index is 1.91. The van der Waals surface area contributed by atoms with Gasteiger partial charge in [0.05, 0.1) is 11.7 Å². The van der Waals surface area contributed by atoms with Crippen molar-refractivity contribution in [2.45, 2.75) is 33.2 Å². The summed E-state index contributed by atoms with van der Waals surface area (Å²) in [5.74, 6) is 0.332. The number of aromatic nitrogens is 1. The Labute approximate surface area is 124 Å². The summed E-state index contributed by atoms with van der Waals surface area (Å²) in [6.07, 6.45) is 0.874. The second kappa shape index (κ2) is 6.71. The number of hydrogen-bond acceptors (Lipinski definition) is 5. The van der Waals surface area contributed by atoms with Crippen LogP contribution in [-0.2, 0) is 9.59 Å². The molecular formula is C14H22N4O3. The van der Waals surface area contributed by atoms with Crippen molar-refractivity contribution in [3.05, 3.63) is 11.8 Å². The van der Waals surface area contributed by atoms with Crippen LogP contribution in [0.4, 0.5) is 5.88 Å². The van der Waals surface area contributed by atoms with Gasteiger partial charge < -0.3 is 9.42 Å². The van der Waals surface area contributed by atoms with Crippen LogP contribution in [0.1, 0.15) is 26.0 Å². The van der Waals surface area contributed by atoms with Gasteiger partial charge in [-0.05, 0) is 20.3 Å². The Morgan fingerprint density at radius 2 is 2.10 bits per heavy atom. The predicted octanol–water partition coefficient (Wildman–Crippen LogP) is 0.864. The number of hydrogen-bond donors (Lipinski definition) is 1. The van der Waals surface area contributed by atoms with Crippen molar-refractivity contribution >= 4 is 17.7 Å². The molecule has 21 heavy (non-hydrogen) atoms. The highest BCUT2D eigenvalue weighted by atomic mass is 16.5. The van der Waals surface area contributed by atoms with Crippen molar-refractivity contribution < 1.29 is 14.1 Å². The van der Waals surface area contributed by atoms with Gasteiger partial charge in [-0.15, -0.1) is 0 Å². The number of amides is 2. The van der Waals surface area contributed by atoms with Gasteiger partial charge in [-0.1, -0.05) is 5.16 Å². The zero-order valence-corrected chi connectivity index (χ0v) is 12.8. The summed E-state index contributed by atoms with van der Waals surface area (Å²) in [5.41, 5.74) is 0.727. The van der Waals surface area contributed by atoms with E-state index in [1.54, 1.807) is 19.9 Å². The van der Waals surface area contributed by atoms with Gasteiger partial charge in [0, 0.05) is 39.2 Å². The van der Waals surface area contributed by atoms with Crippen LogP contribution in [0.2, 0.25) is 0 Å². The van der Waals surface area contributed by atoms with E-state index in [9.17, 15) is 9.59 Å². The summed E-state index contributed by atoms with van der Waals surface area (Å²) in [4.78, 5) is 27.6. The monoisotopic (exact) mass is 294 g/mol. The van der Waals surface area contributed by atoms with Crippen LogP contribution >= 0.6 is 0 Å². The van der Waals surface area contributed by atoms with E-state index in [2.05, 4.69) is 15.4 Å². The quantitative estimate of drug-likeness (QED) is 0.894. The fraction of sp³-hybridized carbons (Fsp3) is 0.643. The van der Waals surface area contributed by atoms with Crippen molar-refractivity contribution in [2.75, 3.05) is 31.5 Å². The van der Waals surface area contributed by atoms with E-state index in [4.69, 9.17) is 4.52 Å². The van der Waals surface area contributed by atoms with Gasteiger partial charge in [-0.2, -0.15) is 0 Å². The molecule has 0 unspecified atom stereocenters. The van der Waals surface area contributed by atoms with Crippen molar-refractivity contribution in [1.82, 2.24) is 15.0 Å². The van der Waals surface area contributed by atoms with Crippen LogP contribution in [0.25, 0.3) is 0 Å². The Morgan fingerprint density at radius 1 is 1.33 bits per heavy atom. The minimum Gasteiger partial charge on any atom is -0.342 e. The van der Waals surface area contributed by atoms with Crippen LogP contribution in [0.3, 0.4) is 0 Å². The lowest BCUT2D eigenvalue weighted by Crippen LogP contribution is -2.44. The van der Waals surface area contributed by atoms with Crippen molar-refractivity contribution in [3.63, 3.8) is 0 Å². The molecule has 0 aromatic carbocycles. The van der Waals surface area contributed by atoms with Crippen molar-refractivity contribution in [2.24, 2.45) is 0 Å². The molecule has 1 atom stereocenters. The molecule has 7 nitrogen and oxygen atoms in total. The lowest BCUT2D eigenvalue weighted by atomic mass is 10.2. The van der Waals surface area contributed by atoms with Gasteiger partial charge >= 0.3 is 0 Å². The lowest BCUT2D eigenvalue weighted by Gasteiger charge is -2.26. The van der Waals surface area contributed by atoms with E-state index in [0.29, 0.717) is 19.0 Å². The Hall–Kier alpha value is -1.89. The molecule has 0 spiro atoms. The number of nitrogens with one attached hydrogen (secondary N) is 1. The first-order valence-electron chi connectivity index (χ1n) is 7.21. The fourth-order valence-electron chi connectivity index (χ4n) is 2.45. The molecule has 2 amide bonds. The van der Waals surface area contributed by atoms with E-state index in [1.165, 1.54) is 0 Å². The first-order valence-corrected chi connectivity index (χ1v) is 7.21. The molecule has 1 aromatic rings. The number of anilines is 1. The standard InChI is InChI=1S/C14H22N4O3/c1-10-9-13(21-16-10)15-14(20)11(2)17-5-4-6-18(8-7-17)12(3)19/h9,11H,4-8H2,1-3H3,(H,15,20)/t11-/m1/s1. The highest BCUT2D eigenvalue weighted by Gasteiger charge is 2.25. The summed E-state index contributed by atoms with van der Waals surface area (Å²) >= 11 is 0. The normalized spacial score (nSPS) is 18.1. The van der Waals surface area contributed by atoms with Gasteiger partial charge in [-0.25, -0.2) is 0 Å². The minimum absolute atomic E-state index is 0.0890. The summed E-state index contributed by atoms with van der Waals surface area (Å²) < 4.78 is 4.99. The Bertz CT molecular complexity index is 514. The van der Waals surface area contributed by atoms with Gasteiger partial charge in [0.1, 0.15) is 0 Å². The zero-order chi connectivity index (χ0) is 15.4. The van der Waals surface area contributed by atoms with Crippen LogP contribution in [-0.4, -0.2) is 59.0 Å². The third-order valence-electron chi connectivity index (χ3n) is 3.78. The van der Waals surface area contributed by atoms with Gasteiger partial charge in [-0.3, -0.25) is 19.8 Å². The predicted molar refractivity (Wildman–Crippen MR) is 77.8 cm³/mol. The van der Waals surface area contributed by atoms with Gasteiger partial charge in [0.15, 0.2) is 0 Å². The largest absolute Gasteiger partial charge is 0.342 e. The van der Waals surface area contributed by atoms with Crippen LogP contribution in [0, 0.1) is 6.92 Å². The molecule has 1 aromatic heterocycles. The van der Waals surface area contributed by atoms with Crippen LogP contribution < -0.4 is 5.32 Å². The molecule has 116 valence electrons. The van der Waals surface area contributed by atoms with E-state index in [-0.39, 0.29) is 17.9 Å². The highest BCUT2D eigenvalue weighted by Crippen LogP contribution is 2.12. The first kappa shape index (κ1) is 15.5. The third-order valence-corrected chi connectivity index (χ3v) is 3.78. The topological polar surface area (TPSA) is 78.7 Å². The van der Waals surface area contributed by atoms with Gasteiger partial charge in [0.2, 0.25) is 17.7 Å². The summed E-state index contributed by atoms with van der Waals surface area (Å²) in [6.45, 7) is 8.15. The maximum absolute atomic E-state index is 12.2. The second-order valence-electron chi connectivity index (χ2n) is 5.39. The second-order valence-corrected chi connectivity index (χ2v) is 5.39. The summed E-state index contributed by atoms with van der Waals surface area (Å²) in [6, 6.07) is 1.41. The summed E-state index contributed by atoms with van der Waals surface area (Å²) in [7, 11) is 0. The molecule has 1 N–H and O–H groups in total. The smallest absolute Gasteiger partial charge is 0.243 e. The van der Waals surface area contributed by atoms with Crippen molar-refractivity contribution in [1.29, 1.82) is 0 Å². The Kier molecular flexibility index (Phi) is 4.95. The van der Waals surface area contributed by atoms with Crippen LogP contribution in [0.15, 0.2) is 10.6 Å². The van der Waals surface area contributed by atoms with Gasteiger partial charge in [0.25, 0.3) is 0 Å². The molecule has 0 radical (unpaired) electrons. The summed E-state index contributed by atoms with van der Waals surface area (Å²) in [5, 5.41) is 6.46. The first-order chi connectivity index (χ1) is 9.97. The average Bonchev–Trinajstić information content (AvgIpc) is 2.71. The SMILES string of the molecule is CC(=O)N1CCCN([C@H](C)C(=O)Nc2cc(C)no2)CC1. The molecule has 1 fully saturated rings. The molecule has 0 bridgehead atoms. The van der Waals surface area contributed by atoms with E-state index >= 15 is 0 Å². The molecule has 0 aliphatic carbocycles. The number of aryl methyl sites for hydroxylation is 1. The highest BCUT2D eigenvalue weighted by molar-refractivity contribution is 5.93. The molecule has 2 rings (SSSR count). The van der Waals surface area contributed by atoms with E-state index < -0.39 is 0 Å². The Morgan fingerprint density at radius 3 is 2.71 bits per heavy atom. The van der Waals surface area contributed by atoms with Crippen LogP contribution in [0.5, 0.6) is 0 Å². The maximum Gasteiger partial charge on any atom is 0.243 e. The minimum atomic E-state index is -0.276. The molecule has 1 aliphatic rings. The number of rotatable bonds is 3. The number of carbonyl (C=O) groups excluding carboxylic acids is 2. The van der Waals surface area contributed by atoms with E-state index in [0.717, 1.165) is 25.2 Å². The number of carbonyl (C=O) groups is 2. The molecule has 7 heteroatoms. The zero-order valence-electron chi connectivity index (χ0n) is 12.8. The molecule has 1 aliphatic heterocycles. The lowest BCUT2D eigenvalue weighted by molar-refractivity contribution is -0.128. The third kappa shape index (κ3) is 4.04. The molecule has 1 saturated heterocycles. The number of nitrogens with zero attached hydrogens (tertiary/aromatic N) is 3. The average molecular weight is 294 g/mol. The maximum atomic E-state index is 12.2. The van der Waals surface area contributed by atoms with E-state index in [1.807, 2.05) is 11.8 Å². The molecule has 0 saturated carbocycles. The van der Waals surface area contributed by atoms with Crippen molar-refractivity contribution in [3.8, 4) is 0 Å². The molecule has 2 heterocycles.